The summed E-state index contributed by atoms with van der Waals surface area (Å²) < 4.78 is 0. The van der Waals surface area contributed by atoms with E-state index in [2.05, 4.69) is 208 Å². The molecule has 0 saturated carbocycles. The lowest BCUT2D eigenvalue weighted by Gasteiger charge is -2.31. The molecule has 0 fully saturated rings. The molecule has 11 rings (SSSR count). The average molecular weight is 690 g/mol. The van der Waals surface area contributed by atoms with Crippen LogP contribution in [0, 0.1) is 6.92 Å². The number of fused-ring (bicyclic) bond motifs is 13. The van der Waals surface area contributed by atoms with Crippen LogP contribution in [0.5, 0.6) is 0 Å². The molecular formula is C53H39N. The maximum atomic E-state index is 2.48. The third-order valence-electron chi connectivity index (χ3n) is 12.6. The molecule has 8 aromatic rings. The molecule has 0 atom stereocenters. The van der Waals surface area contributed by atoms with Gasteiger partial charge in [-0.05, 0) is 110 Å². The van der Waals surface area contributed by atoms with Crippen molar-refractivity contribution in [3.05, 3.63) is 221 Å². The molecule has 3 aliphatic carbocycles. The SMILES string of the molecule is Cc1ccc(N(c2ccc3c(c2)C(C)(C)c2ccccc2-3)c2ccccc2-c2cccc3c2-c2ccccc2C32c3ccccc3-c3ccccc32)cc1. The normalized spacial score (nSPS) is 14.5. The van der Waals surface area contributed by atoms with Crippen molar-refractivity contribution in [2.24, 2.45) is 0 Å². The van der Waals surface area contributed by atoms with E-state index in [1.165, 1.54) is 83.5 Å². The van der Waals surface area contributed by atoms with Crippen LogP contribution in [0.25, 0.3) is 44.5 Å². The molecular weight excluding hydrogens is 651 g/mol. The summed E-state index contributed by atoms with van der Waals surface area (Å²) in [4.78, 5) is 2.48. The van der Waals surface area contributed by atoms with Gasteiger partial charge in [0.05, 0.1) is 11.1 Å². The van der Waals surface area contributed by atoms with Gasteiger partial charge in [-0.3, -0.25) is 0 Å². The van der Waals surface area contributed by atoms with E-state index in [4.69, 9.17) is 0 Å². The van der Waals surface area contributed by atoms with E-state index < -0.39 is 0 Å². The summed E-state index contributed by atoms with van der Waals surface area (Å²) in [5.74, 6) is 0. The second-order valence-electron chi connectivity index (χ2n) is 15.7. The van der Waals surface area contributed by atoms with Gasteiger partial charge in [0.1, 0.15) is 0 Å². The van der Waals surface area contributed by atoms with Crippen molar-refractivity contribution in [1.29, 1.82) is 0 Å². The predicted molar refractivity (Wildman–Crippen MR) is 225 cm³/mol. The first-order valence-corrected chi connectivity index (χ1v) is 19.1. The van der Waals surface area contributed by atoms with E-state index in [-0.39, 0.29) is 10.8 Å². The number of nitrogens with zero attached hydrogens (tertiary/aromatic N) is 1. The van der Waals surface area contributed by atoms with Crippen LogP contribution < -0.4 is 4.90 Å². The molecule has 0 radical (unpaired) electrons. The van der Waals surface area contributed by atoms with Crippen LogP contribution in [0.1, 0.15) is 52.8 Å². The first kappa shape index (κ1) is 31.1. The number of aryl methyl sites for hydroxylation is 1. The molecule has 0 N–H and O–H groups in total. The zero-order valence-corrected chi connectivity index (χ0v) is 30.8. The van der Waals surface area contributed by atoms with Crippen molar-refractivity contribution in [1.82, 2.24) is 0 Å². The van der Waals surface area contributed by atoms with E-state index in [9.17, 15) is 0 Å². The van der Waals surface area contributed by atoms with Gasteiger partial charge < -0.3 is 4.90 Å². The Hall–Kier alpha value is -6.44. The smallest absolute Gasteiger partial charge is 0.0725 e. The molecule has 0 aliphatic heterocycles. The summed E-state index contributed by atoms with van der Waals surface area (Å²) in [5.41, 5.74) is 22.8. The zero-order chi connectivity index (χ0) is 36.2. The van der Waals surface area contributed by atoms with Crippen LogP contribution in [-0.4, -0.2) is 0 Å². The summed E-state index contributed by atoms with van der Waals surface area (Å²) in [5, 5.41) is 0. The highest BCUT2D eigenvalue weighted by Crippen LogP contribution is 2.64. The molecule has 54 heavy (non-hydrogen) atoms. The van der Waals surface area contributed by atoms with Crippen LogP contribution in [0.4, 0.5) is 17.1 Å². The molecule has 0 unspecified atom stereocenters. The fraction of sp³-hybridized carbons (Fsp3) is 0.0943. The van der Waals surface area contributed by atoms with Crippen molar-refractivity contribution in [2.45, 2.75) is 31.6 Å². The van der Waals surface area contributed by atoms with Gasteiger partial charge in [0, 0.05) is 22.4 Å². The van der Waals surface area contributed by atoms with Crippen LogP contribution in [0.3, 0.4) is 0 Å². The van der Waals surface area contributed by atoms with Crippen molar-refractivity contribution >= 4 is 17.1 Å². The fourth-order valence-corrected chi connectivity index (χ4v) is 10.2. The van der Waals surface area contributed by atoms with Crippen molar-refractivity contribution in [2.75, 3.05) is 4.90 Å². The Kier molecular flexibility index (Phi) is 6.50. The van der Waals surface area contributed by atoms with Gasteiger partial charge in [-0.2, -0.15) is 0 Å². The zero-order valence-electron chi connectivity index (χ0n) is 30.8. The summed E-state index contributed by atoms with van der Waals surface area (Å²) in [6, 6.07) is 68.3. The largest absolute Gasteiger partial charge is 0.310 e. The average Bonchev–Trinajstić information content (AvgIpc) is 3.78. The second-order valence-corrected chi connectivity index (χ2v) is 15.7. The minimum Gasteiger partial charge on any atom is -0.310 e. The number of hydrogen-bond donors (Lipinski definition) is 0. The fourth-order valence-electron chi connectivity index (χ4n) is 10.2. The molecule has 1 spiro atoms. The van der Waals surface area contributed by atoms with Gasteiger partial charge in [0.25, 0.3) is 0 Å². The molecule has 8 aromatic carbocycles. The molecule has 0 saturated heterocycles. The molecule has 1 heteroatoms. The Morgan fingerprint density at radius 1 is 0.352 bits per heavy atom. The van der Waals surface area contributed by atoms with Crippen molar-refractivity contribution < 1.29 is 0 Å². The maximum absolute atomic E-state index is 2.48. The van der Waals surface area contributed by atoms with E-state index >= 15 is 0 Å². The standard InChI is InChI=1S/C53H39N/c1-34-27-29-35(30-28-34)54(36-31-32-40-37-15-4-9-21-44(37)52(2,3)49(40)33-36)50-26-13-8-18-41(50)42-20-14-25-48-51(42)43-19-7-12-24-47(43)53(48)45-22-10-5-16-38(45)39-17-6-11-23-46(39)53/h4-33H,1-3H3. The summed E-state index contributed by atoms with van der Waals surface area (Å²) in [6.07, 6.45) is 0. The van der Waals surface area contributed by atoms with Gasteiger partial charge in [0.15, 0.2) is 0 Å². The Balaban J connectivity index is 1.17. The van der Waals surface area contributed by atoms with E-state index in [0.717, 1.165) is 17.1 Å². The highest BCUT2D eigenvalue weighted by Gasteiger charge is 2.52. The molecule has 0 bridgehead atoms. The second kappa shape index (κ2) is 11.3. The van der Waals surface area contributed by atoms with Gasteiger partial charge in [-0.15, -0.1) is 0 Å². The van der Waals surface area contributed by atoms with Crippen molar-refractivity contribution in [3.8, 4) is 44.5 Å². The van der Waals surface area contributed by atoms with Gasteiger partial charge >= 0.3 is 0 Å². The summed E-state index contributed by atoms with van der Waals surface area (Å²) in [6.45, 7) is 6.90. The van der Waals surface area contributed by atoms with Gasteiger partial charge in [0.2, 0.25) is 0 Å². The molecule has 1 nitrogen and oxygen atoms in total. The lowest BCUT2D eigenvalue weighted by Crippen LogP contribution is -2.25. The first-order chi connectivity index (χ1) is 26.5. The van der Waals surface area contributed by atoms with Crippen LogP contribution in [0.2, 0.25) is 0 Å². The third kappa shape index (κ3) is 4.04. The molecule has 0 aromatic heterocycles. The number of anilines is 3. The summed E-state index contributed by atoms with van der Waals surface area (Å²) >= 11 is 0. The van der Waals surface area contributed by atoms with Crippen LogP contribution in [0.15, 0.2) is 182 Å². The number of benzene rings is 8. The Labute approximate surface area is 317 Å². The van der Waals surface area contributed by atoms with Gasteiger partial charge in [-0.25, -0.2) is 0 Å². The minimum absolute atomic E-state index is 0.105. The number of hydrogen-bond acceptors (Lipinski definition) is 1. The minimum atomic E-state index is -0.388. The molecule has 256 valence electrons. The van der Waals surface area contributed by atoms with E-state index in [1.807, 2.05) is 0 Å². The Morgan fingerprint density at radius 2 is 0.815 bits per heavy atom. The van der Waals surface area contributed by atoms with E-state index in [1.54, 1.807) is 0 Å². The Morgan fingerprint density at radius 3 is 1.48 bits per heavy atom. The van der Waals surface area contributed by atoms with Gasteiger partial charge in [-0.1, -0.05) is 171 Å². The lowest BCUT2D eigenvalue weighted by atomic mass is 9.70. The quantitative estimate of drug-likeness (QED) is 0.178. The molecule has 0 amide bonds. The maximum Gasteiger partial charge on any atom is 0.0725 e. The van der Waals surface area contributed by atoms with Crippen LogP contribution in [-0.2, 0) is 10.8 Å². The van der Waals surface area contributed by atoms with Crippen molar-refractivity contribution in [3.63, 3.8) is 0 Å². The molecule has 3 aliphatic rings. The van der Waals surface area contributed by atoms with E-state index in [0.29, 0.717) is 0 Å². The molecule has 0 heterocycles. The monoisotopic (exact) mass is 689 g/mol. The topological polar surface area (TPSA) is 3.24 Å². The lowest BCUT2D eigenvalue weighted by molar-refractivity contribution is 0.660. The van der Waals surface area contributed by atoms with Crippen LogP contribution >= 0.6 is 0 Å². The number of para-hydroxylation sites is 1. The predicted octanol–water partition coefficient (Wildman–Crippen LogP) is 13.8. The highest BCUT2D eigenvalue weighted by atomic mass is 15.1. The number of rotatable bonds is 4. The third-order valence-corrected chi connectivity index (χ3v) is 12.6. The Bertz CT molecular complexity index is 2770. The summed E-state index contributed by atoms with van der Waals surface area (Å²) in [7, 11) is 0. The first-order valence-electron chi connectivity index (χ1n) is 19.1. The highest BCUT2D eigenvalue weighted by molar-refractivity contribution is 6.02.